The topological polar surface area (TPSA) is 82.2 Å². The zero-order valence-electron chi connectivity index (χ0n) is 16.9. The van der Waals surface area contributed by atoms with Gasteiger partial charge in [-0.25, -0.2) is 0 Å². The Balaban J connectivity index is 1.66. The summed E-state index contributed by atoms with van der Waals surface area (Å²) in [5.41, 5.74) is 0. The summed E-state index contributed by atoms with van der Waals surface area (Å²) in [5, 5.41) is 2.99. The van der Waals surface area contributed by atoms with Crippen molar-refractivity contribution in [1.29, 1.82) is 0 Å². The Hall–Kier alpha value is -1.67. The second-order valence-corrected chi connectivity index (χ2v) is 7.61. The van der Waals surface area contributed by atoms with E-state index in [1.807, 2.05) is 11.8 Å². The predicted octanol–water partition coefficient (Wildman–Crippen LogP) is -0.0697. The molecule has 2 rings (SSSR count). The summed E-state index contributed by atoms with van der Waals surface area (Å²) in [7, 11) is 1.41. The largest absolute Gasteiger partial charge is 0.469 e. The number of piperidine rings is 1. The quantitative estimate of drug-likeness (QED) is 0.621. The van der Waals surface area contributed by atoms with E-state index >= 15 is 0 Å². The van der Waals surface area contributed by atoms with Gasteiger partial charge >= 0.3 is 5.97 Å². The van der Waals surface area contributed by atoms with Crippen LogP contribution in [-0.4, -0.2) is 98.0 Å². The van der Waals surface area contributed by atoms with Crippen LogP contribution in [0, 0.1) is 5.92 Å². The lowest BCUT2D eigenvalue weighted by Crippen LogP contribution is -2.53. The normalized spacial score (nSPS) is 20.9. The molecule has 0 spiro atoms. The van der Waals surface area contributed by atoms with Crippen LogP contribution in [-0.2, 0) is 19.1 Å². The number of carbonyl (C=O) groups is 3. The summed E-state index contributed by atoms with van der Waals surface area (Å²) >= 11 is 0. The molecule has 1 unspecified atom stereocenters. The highest BCUT2D eigenvalue weighted by Gasteiger charge is 2.29. The molecular formula is C19H34N4O4. The average molecular weight is 383 g/mol. The van der Waals surface area contributed by atoms with Crippen molar-refractivity contribution in [3.8, 4) is 0 Å². The van der Waals surface area contributed by atoms with Gasteiger partial charge in [0.25, 0.3) is 0 Å². The molecule has 154 valence electrons. The second kappa shape index (κ2) is 10.6. The van der Waals surface area contributed by atoms with Crippen LogP contribution in [0.1, 0.15) is 33.1 Å². The van der Waals surface area contributed by atoms with Gasteiger partial charge in [0.1, 0.15) is 0 Å². The van der Waals surface area contributed by atoms with E-state index in [9.17, 15) is 14.4 Å². The highest BCUT2D eigenvalue weighted by atomic mass is 16.5. The Kier molecular flexibility index (Phi) is 8.50. The number of hydrogen-bond donors (Lipinski definition) is 1. The van der Waals surface area contributed by atoms with Gasteiger partial charge in [-0.2, -0.15) is 0 Å². The lowest BCUT2D eigenvalue weighted by Gasteiger charge is -2.36. The number of nitrogens with one attached hydrogen (secondary N) is 1. The van der Waals surface area contributed by atoms with Crippen molar-refractivity contribution in [2.45, 2.75) is 39.2 Å². The molecule has 0 bridgehead atoms. The van der Waals surface area contributed by atoms with E-state index in [1.54, 1.807) is 0 Å². The molecule has 2 saturated heterocycles. The third-order valence-electron chi connectivity index (χ3n) is 5.59. The summed E-state index contributed by atoms with van der Waals surface area (Å²) < 4.78 is 4.79. The number of nitrogens with zero attached hydrogens (tertiary/aromatic N) is 3. The first-order valence-corrected chi connectivity index (χ1v) is 10.0. The number of likely N-dealkylation sites (tertiary alicyclic amines) is 1. The molecule has 8 nitrogen and oxygen atoms in total. The molecule has 8 heteroatoms. The predicted molar refractivity (Wildman–Crippen MR) is 102 cm³/mol. The summed E-state index contributed by atoms with van der Waals surface area (Å²) in [5.74, 6) is -0.0524. The van der Waals surface area contributed by atoms with Crippen molar-refractivity contribution < 1.29 is 19.1 Å². The Bertz CT molecular complexity index is 512. The number of esters is 1. The first kappa shape index (κ1) is 21.6. The molecule has 2 aliphatic heterocycles. The number of piperazine rings is 1. The monoisotopic (exact) mass is 382 g/mol. The molecule has 2 amide bonds. The number of hydrogen-bond acceptors (Lipinski definition) is 6. The zero-order chi connectivity index (χ0) is 19.8. The van der Waals surface area contributed by atoms with Crippen LogP contribution >= 0.6 is 0 Å². The molecular weight excluding hydrogens is 348 g/mol. The number of ether oxygens (including phenoxy) is 1. The van der Waals surface area contributed by atoms with E-state index in [0.717, 1.165) is 32.6 Å². The van der Waals surface area contributed by atoms with Gasteiger partial charge in [-0.05, 0) is 26.2 Å². The Labute approximate surface area is 162 Å². The van der Waals surface area contributed by atoms with E-state index in [-0.39, 0.29) is 29.7 Å². The van der Waals surface area contributed by atoms with E-state index in [4.69, 9.17) is 4.74 Å². The lowest BCUT2D eigenvalue weighted by atomic mass is 9.97. The van der Waals surface area contributed by atoms with Crippen LogP contribution in [0.3, 0.4) is 0 Å². The van der Waals surface area contributed by atoms with E-state index in [2.05, 4.69) is 22.0 Å². The minimum atomic E-state index is -0.171. The molecule has 0 saturated carbocycles. The SMILES string of the molecule is CCC(C)NC(=O)CN1CCN(CC(=O)N2CCC(C(=O)OC)CC2)CC1. The summed E-state index contributed by atoms with van der Waals surface area (Å²) in [6.07, 6.45) is 2.29. The van der Waals surface area contributed by atoms with Crippen molar-refractivity contribution in [3.63, 3.8) is 0 Å². The van der Waals surface area contributed by atoms with E-state index < -0.39 is 0 Å². The van der Waals surface area contributed by atoms with Crippen molar-refractivity contribution in [2.75, 3.05) is 59.5 Å². The van der Waals surface area contributed by atoms with Crippen LogP contribution in [0.15, 0.2) is 0 Å². The number of carbonyl (C=O) groups excluding carboxylic acids is 3. The third-order valence-corrected chi connectivity index (χ3v) is 5.59. The lowest BCUT2D eigenvalue weighted by molar-refractivity contribution is -0.149. The van der Waals surface area contributed by atoms with E-state index in [0.29, 0.717) is 39.0 Å². The highest BCUT2D eigenvalue weighted by Crippen LogP contribution is 2.18. The number of amides is 2. The molecule has 2 aliphatic rings. The van der Waals surface area contributed by atoms with Gasteiger partial charge < -0.3 is 15.0 Å². The molecule has 27 heavy (non-hydrogen) atoms. The van der Waals surface area contributed by atoms with Crippen LogP contribution in [0.25, 0.3) is 0 Å². The first-order chi connectivity index (χ1) is 12.9. The smallest absolute Gasteiger partial charge is 0.308 e. The fourth-order valence-corrected chi connectivity index (χ4v) is 3.55. The van der Waals surface area contributed by atoms with Gasteiger partial charge in [0.15, 0.2) is 0 Å². The van der Waals surface area contributed by atoms with E-state index in [1.165, 1.54) is 7.11 Å². The standard InChI is InChI=1S/C19H34N4O4/c1-4-15(2)20-17(24)13-21-9-11-22(12-10-21)14-18(25)23-7-5-16(6-8-23)19(26)27-3/h15-16H,4-14H2,1-3H3,(H,20,24). The Morgan fingerprint density at radius 3 is 2.07 bits per heavy atom. The minimum absolute atomic E-state index is 0.0716. The van der Waals surface area contributed by atoms with Crippen molar-refractivity contribution >= 4 is 17.8 Å². The van der Waals surface area contributed by atoms with Gasteiger partial charge in [0.05, 0.1) is 26.1 Å². The molecule has 2 fully saturated rings. The fraction of sp³-hybridized carbons (Fsp3) is 0.842. The highest BCUT2D eigenvalue weighted by molar-refractivity contribution is 5.79. The second-order valence-electron chi connectivity index (χ2n) is 7.61. The van der Waals surface area contributed by atoms with Crippen LogP contribution in [0.2, 0.25) is 0 Å². The summed E-state index contributed by atoms with van der Waals surface area (Å²) in [4.78, 5) is 42.2. The number of methoxy groups -OCH3 is 1. The first-order valence-electron chi connectivity index (χ1n) is 10.0. The van der Waals surface area contributed by atoms with Crippen LogP contribution in [0.4, 0.5) is 0 Å². The minimum Gasteiger partial charge on any atom is -0.469 e. The summed E-state index contributed by atoms with van der Waals surface area (Å²) in [6, 6.07) is 0.208. The van der Waals surface area contributed by atoms with Crippen molar-refractivity contribution in [3.05, 3.63) is 0 Å². The molecule has 1 N–H and O–H groups in total. The van der Waals surface area contributed by atoms with Gasteiger partial charge in [0.2, 0.25) is 11.8 Å². The van der Waals surface area contributed by atoms with Gasteiger partial charge in [-0.15, -0.1) is 0 Å². The maximum Gasteiger partial charge on any atom is 0.308 e. The average Bonchev–Trinajstić information content (AvgIpc) is 2.68. The van der Waals surface area contributed by atoms with Gasteiger partial charge in [-0.1, -0.05) is 6.92 Å². The van der Waals surface area contributed by atoms with Gasteiger partial charge in [0, 0.05) is 45.3 Å². The van der Waals surface area contributed by atoms with Crippen molar-refractivity contribution in [1.82, 2.24) is 20.0 Å². The number of rotatable bonds is 7. The molecule has 0 aromatic carbocycles. The third kappa shape index (κ3) is 6.77. The molecule has 0 aliphatic carbocycles. The maximum atomic E-state index is 12.5. The Morgan fingerprint density at radius 2 is 1.56 bits per heavy atom. The van der Waals surface area contributed by atoms with Crippen LogP contribution < -0.4 is 5.32 Å². The van der Waals surface area contributed by atoms with Gasteiger partial charge in [-0.3, -0.25) is 24.2 Å². The molecule has 0 aromatic heterocycles. The summed E-state index contributed by atoms with van der Waals surface area (Å²) in [6.45, 7) is 9.32. The fourth-order valence-electron chi connectivity index (χ4n) is 3.55. The van der Waals surface area contributed by atoms with Crippen LogP contribution in [0.5, 0.6) is 0 Å². The molecule has 0 radical (unpaired) electrons. The maximum absolute atomic E-state index is 12.5. The zero-order valence-corrected chi connectivity index (χ0v) is 16.9. The molecule has 2 heterocycles. The molecule has 1 atom stereocenters. The Morgan fingerprint density at radius 1 is 1.00 bits per heavy atom. The molecule has 0 aromatic rings. The van der Waals surface area contributed by atoms with Crippen molar-refractivity contribution in [2.24, 2.45) is 5.92 Å².